The molecule has 0 fully saturated rings. The number of nitrogens with two attached hydrogens (primary N) is 1. The first-order chi connectivity index (χ1) is 15.9. The van der Waals surface area contributed by atoms with Crippen molar-refractivity contribution in [2.24, 2.45) is 17.6 Å². The molecule has 5 unspecified atom stereocenters. The number of carboxylic acid groups (broad SMARTS) is 1. The second kappa shape index (κ2) is 13.8. The average molecular weight is 497 g/mol. The smallest absolute Gasteiger partial charge is 0.326 e. The van der Waals surface area contributed by atoms with Gasteiger partial charge in [0.15, 0.2) is 0 Å². The molecule has 3 amide bonds. The summed E-state index contributed by atoms with van der Waals surface area (Å²) in [6.07, 6.45) is 0.534. The lowest BCUT2D eigenvalue weighted by Crippen LogP contribution is -2.60. The van der Waals surface area contributed by atoms with Crippen LogP contribution in [0, 0.1) is 11.8 Å². The van der Waals surface area contributed by atoms with E-state index in [1.807, 2.05) is 6.92 Å². The molecule has 0 saturated heterocycles. The zero-order valence-electron chi connectivity index (χ0n) is 19.9. The molecule has 0 aliphatic heterocycles. The molecule has 1 rings (SSSR count). The van der Waals surface area contributed by atoms with Crippen LogP contribution in [0.3, 0.4) is 0 Å². The van der Waals surface area contributed by atoms with E-state index in [0.717, 1.165) is 0 Å². The van der Waals surface area contributed by atoms with Crippen LogP contribution in [0.25, 0.3) is 0 Å². The molecule has 1 aromatic carbocycles. The molecule has 0 bridgehead atoms. The summed E-state index contributed by atoms with van der Waals surface area (Å²) in [4.78, 5) is 50.0. The number of phenols is 1. The van der Waals surface area contributed by atoms with Crippen molar-refractivity contribution in [1.82, 2.24) is 16.0 Å². The zero-order valence-corrected chi connectivity index (χ0v) is 20.8. The van der Waals surface area contributed by atoms with E-state index in [0.29, 0.717) is 12.0 Å². The Bertz CT molecular complexity index is 848. The van der Waals surface area contributed by atoms with E-state index in [2.05, 4.69) is 28.6 Å². The van der Waals surface area contributed by atoms with E-state index in [1.165, 1.54) is 12.1 Å². The summed E-state index contributed by atoms with van der Waals surface area (Å²) >= 11 is 3.99. The molecule has 1 aromatic rings. The predicted octanol–water partition coefficient (Wildman–Crippen LogP) is 0.433. The second-order valence-electron chi connectivity index (χ2n) is 8.66. The summed E-state index contributed by atoms with van der Waals surface area (Å²) < 4.78 is 0. The van der Waals surface area contributed by atoms with E-state index >= 15 is 0 Å². The van der Waals surface area contributed by atoms with Gasteiger partial charge < -0.3 is 31.9 Å². The van der Waals surface area contributed by atoms with Crippen LogP contribution in [0.15, 0.2) is 24.3 Å². The Balaban J connectivity index is 3.01. The third kappa shape index (κ3) is 8.86. The van der Waals surface area contributed by atoms with Crippen LogP contribution in [-0.2, 0) is 25.6 Å². The molecule has 0 aliphatic carbocycles. The first-order valence-electron chi connectivity index (χ1n) is 11.2. The van der Waals surface area contributed by atoms with E-state index in [9.17, 15) is 29.4 Å². The van der Waals surface area contributed by atoms with Gasteiger partial charge >= 0.3 is 5.97 Å². The number of hydrogen-bond acceptors (Lipinski definition) is 7. The molecule has 0 radical (unpaired) electrons. The minimum absolute atomic E-state index is 0.00514. The maximum atomic E-state index is 13.1. The number of carboxylic acids is 1. The Kier molecular flexibility index (Phi) is 11.9. The number of carbonyl (C=O) groups is 4. The number of hydrogen-bond donors (Lipinski definition) is 7. The molecular formula is C23H36N4O6S. The van der Waals surface area contributed by atoms with Gasteiger partial charge in [-0.3, -0.25) is 14.4 Å². The fraction of sp³-hybridized carbons (Fsp3) is 0.565. The van der Waals surface area contributed by atoms with Crippen molar-refractivity contribution < 1.29 is 29.4 Å². The lowest BCUT2D eigenvalue weighted by atomic mass is 9.95. The van der Waals surface area contributed by atoms with Gasteiger partial charge in [0.1, 0.15) is 23.9 Å². The topological polar surface area (TPSA) is 171 Å². The van der Waals surface area contributed by atoms with Crippen LogP contribution in [0.5, 0.6) is 5.75 Å². The first kappa shape index (κ1) is 29.2. The number of amides is 3. The highest BCUT2D eigenvalue weighted by Gasteiger charge is 2.33. The minimum atomic E-state index is -1.24. The molecule has 5 atom stereocenters. The van der Waals surface area contributed by atoms with Crippen LogP contribution < -0.4 is 21.7 Å². The Labute approximate surface area is 205 Å². The molecule has 11 heteroatoms. The molecule has 10 nitrogen and oxygen atoms in total. The number of thiol groups is 1. The van der Waals surface area contributed by atoms with Crippen LogP contribution in [0.1, 0.15) is 39.7 Å². The van der Waals surface area contributed by atoms with Crippen LogP contribution in [-0.4, -0.2) is 63.8 Å². The van der Waals surface area contributed by atoms with Crippen molar-refractivity contribution in [2.45, 2.75) is 64.7 Å². The Morgan fingerprint density at radius 1 is 0.941 bits per heavy atom. The maximum Gasteiger partial charge on any atom is 0.326 e. The van der Waals surface area contributed by atoms with Crippen molar-refractivity contribution in [3.05, 3.63) is 29.8 Å². The fourth-order valence-electron chi connectivity index (χ4n) is 3.15. The molecule has 0 aliphatic rings. The number of nitrogens with one attached hydrogen (secondary N) is 3. The van der Waals surface area contributed by atoms with Gasteiger partial charge in [-0.05, 0) is 29.5 Å². The van der Waals surface area contributed by atoms with Gasteiger partial charge in [-0.25, -0.2) is 4.79 Å². The van der Waals surface area contributed by atoms with Gasteiger partial charge in [-0.1, -0.05) is 46.2 Å². The lowest BCUT2D eigenvalue weighted by molar-refractivity contribution is -0.142. The fourth-order valence-corrected chi connectivity index (χ4v) is 3.32. The van der Waals surface area contributed by atoms with Crippen molar-refractivity contribution in [3.8, 4) is 5.75 Å². The third-order valence-electron chi connectivity index (χ3n) is 5.56. The molecule has 0 heterocycles. The molecule has 190 valence electrons. The summed E-state index contributed by atoms with van der Waals surface area (Å²) in [6.45, 7) is 7.09. The van der Waals surface area contributed by atoms with Crippen molar-refractivity contribution in [2.75, 3.05) is 5.75 Å². The van der Waals surface area contributed by atoms with E-state index < -0.39 is 47.9 Å². The van der Waals surface area contributed by atoms with Gasteiger partial charge in [0.25, 0.3) is 0 Å². The number of rotatable bonds is 13. The number of aromatic hydroxyl groups is 1. The predicted molar refractivity (Wildman–Crippen MR) is 131 cm³/mol. The summed E-state index contributed by atoms with van der Waals surface area (Å²) in [5, 5.41) is 26.8. The largest absolute Gasteiger partial charge is 0.508 e. The Hall–Kier alpha value is -2.79. The maximum absolute atomic E-state index is 13.1. The summed E-state index contributed by atoms with van der Waals surface area (Å²) in [5.41, 5.74) is 6.29. The summed E-state index contributed by atoms with van der Waals surface area (Å²) in [6, 6.07) is 1.90. The first-order valence-corrected chi connectivity index (χ1v) is 11.8. The van der Waals surface area contributed by atoms with Gasteiger partial charge in [0.2, 0.25) is 17.7 Å². The van der Waals surface area contributed by atoms with Gasteiger partial charge in [0.05, 0.1) is 6.04 Å². The van der Waals surface area contributed by atoms with Crippen molar-refractivity contribution >= 4 is 36.3 Å². The minimum Gasteiger partial charge on any atom is -0.508 e. The highest BCUT2D eigenvalue weighted by molar-refractivity contribution is 7.80. The van der Waals surface area contributed by atoms with E-state index in [1.54, 1.807) is 32.9 Å². The van der Waals surface area contributed by atoms with Crippen LogP contribution in [0.4, 0.5) is 0 Å². The molecule has 0 saturated carbocycles. The molecule has 34 heavy (non-hydrogen) atoms. The van der Waals surface area contributed by atoms with Crippen LogP contribution in [0.2, 0.25) is 0 Å². The molecular weight excluding hydrogens is 460 g/mol. The van der Waals surface area contributed by atoms with E-state index in [4.69, 9.17) is 5.73 Å². The molecule has 7 N–H and O–H groups in total. The highest BCUT2D eigenvalue weighted by Crippen LogP contribution is 2.14. The summed E-state index contributed by atoms with van der Waals surface area (Å²) in [5.74, 6) is -3.43. The number of aliphatic carboxylic acids is 1. The van der Waals surface area contributed by atoms with Crippen LogP contribution >= 0.6 is 12.6 Å². The molecule has 0 aromatic heterocycles. The third-order valence-corrected chi connectivity index (χ3v) is 5.96. The SMILES string of the molecule is CCC(C)C(NC(=O)C(NC(=O)C(N)CS)C(C)C)C(=O)NC(Cc1ccc(O)cc1)C(=O)O. The lowest BCUT2D eigenvalue weighted by Gasteiger charge is -2.29. The summed E-state index contributed by atoms with van der Waals surface area (Å²) in [7, 11) is 0. The molecule has 0 spiro atoms. The quantitative estimate of drug-likeness (QED) is 0.194. The number of benzene rings is 1. The highest BCUT2D eigenvalue weighted by atomic mass is 32.1. The normalized spacial score (nSPS) is 15.5. The van der Waals surface area contributed by atoms with Gasteiger partial charge in [0, 0.05) is 12.2 Å². The van der Waals surface area contributed by atoms with Gasteiger partial charge in [-0.15, -0.1) is 0 Å². The second-order valence-corrected chi connectivity index (χ2v) is 9.03. The zero-order chi connectivity index (χ0) is 26.0. The number of carbonyl (C=O) groups excluding carboxylic acids is 3. The monoisotopic (exact) mass is 496 g/mol. The van der Waals surface area contributed by atoms with Crippen molar-refractivity contribution in [1.29, 1.82) is 0 Å². The van der Waals surface area contributed by atoms with Crippen molar-refractivity contribution in [3.63, 3.8) is 0 Å². The standard InChI is InChI=1S/C23H36N4O6S/c1-5-13(4)19(27-21(30)18(12(2)3)26-20(29)16(24)11-34)22(31)25-17(23(32)33)10-14-6-8-15(28)9-7-14/h6-9,12-13,16-19,28,34H,5,10-11,24H2,1-4H3,(H,25,31)(H,26,29)(H,27,30)(H,32,33). The van der Waals surface area contributed by atoms with E-state index in [-0.39, 0.29) is 29.8 Å². The van der Waals surface area contributed by atoms with Gasteiger partial charge in [-0.2, -0.15) is 12.6 Å². The average Bonchev–Trinajstić information content (AvgIpc) is 2.79. The Morgan fingerprint density at radius 3 is 1.94 bits per heavy atom. The Morgan fingerprint density at radius 2 is 1.47 bits per heavy atom. The number of phenolic OH excluding ortho intramolecular Hbond substituents is 1.